The second kappa shape index (κ2) is 6.89. The first-order valence-electron chi connectivity index (χ1n) is 8.74. The van der Waals surface area contributed by atoms with E-state index < -0.39 is 32.7 Å². The molecule has 1 aliphatic rings. The van der Waals surface area contributed by atoms with E-state index in [2.05, 4.69) is 0 Å². The van der Waals surface area contributed by atoms with Crippen molar-refractivity contribution in [2.24, 2.45) is 0 Å². The summed E-state index contributed by atoms with van der Waals surface area (Å²) in [6, 6.07) is 2.34. The van der Waals surface area contributed by atoms with Gasteiger partial charge in [-0.3, -0.25) is 4.79 Å². The molecule has 1 fully saturated rings. The average Bonchev–Trinajstić information content (AvgIpc) is 2.56. The topological polar surface area (TPSA) is 49.9 Å². The summed E-state index contributed by atoms with van der Waals surface area (Å²) in [4.78, 5) is 25.2. The Kier molecular flexibility index (Phi) is 5.46. The summed E-state index contributed by atoms with van der Waals surface area (Å²) in [5.74, 6) is -0.398. The molecule has 0 unspecified atom stereocenters. The zero-order valence-corrected chi connectivity index (χ0v) is 17.0. The van der Waals surface area contributed by atoms with Gasteiger partial charge < -0.3 is 14.5 Å². The van der Waals surface area contributed by atoms with Gasteiger partial charge in [0.05, 0.1) is 0 Å². The van der Waals surface area contributed by atoms with Crippen molar-refractivity contribution in [3.8, 4) is 0 Å². The lowest BCUT2D eigenvalue weighted by Gasteiger charge is -2.40. The summed E-state index contributed by atoms with van der Waals surface area (Å²) in [5, 5.41) is 0. The van der Waals surface area contributed by atoms with E-state index in [9.17, 15) is 29.0 Å². The molecule has 0 saturated carbocycles. The SMILES string of the molecule is CC(C)(C)OC(=O)N1CCN(C(=O)C=Cc2ccc(S(F)(F)(F)(F)F)cc2)CC1. The van der Waals surface area contributed by atoms with Crippen LogP contribution in [-0.4, -0.2) is 53.6 Å². The zero-order chi connectivity index (χ0) is 22.2. The van der Waals surface area contributed by atoms with Gasteiger partial charge in [0.25, 0.3) is 0 Å². The molecule has 0 atom stereocenters. The van der Waals surface area contributed by atoms with E-state index >= 15 is 0 Å². The molecular formula is C18H23F5N2O3S. The number of rotatable bonds is 3. The van der Waals surface area contributed by atoms with Gasteiger partial charge in [-0.25, -0.2) is 4.79 Å². The van der Waals surface area contributed by atoms with Crippen LogP contribution >= 0.6 is 10.2 Å². The molecule has 1 aromatic carbocycles. The van der Waals surface area contributed by atoms with Crippen LogP contribution in [0.25, 0.3) is 6.08 Å². The van der Waals surface area contributed by atoms with Crippen LogP contribution in [0.15, 0.2) is 35.2 Å². The van der Waals surface area contributed by atoms with E-state index in [0.717, 1.165) is 18.2 Å². The number of halogens is 5. The Morgan fingerprint density at radius 2 is 1.41 bits per heavy atom. The number of carbonyl (C=O) groups excluding carboxylic acids is 2. The van der Waals surface area contributed by atoms with Crippen molar-refractivity contribution < 1.29 is 33.8 Å². The fourth-order valence-electron chi connectivity index (χ4n) is 2.54. The number of hydrogen-bond donors (Lipinski definition) is 0. The van der Waals surface area contributed by atoms with Gasteiger partial charge in [-0.15, -0.1) is 0 Å². The van der Waals surface area contributed by atoms with Crippen molar-refractivity contribution in [1.82, 2.24) is 9.80 Å². The number of benzene rings is 1. The molecule has 1 aliphatic heterocycles. The Labute approximate surface area is 165 Å². The standard InChI is InChI=1S/C18H23F5N2O3S/c1-18(2,3)28-17(27)25-12-10-24(11-13-25)16(26)9-6-14-4-7-15(8-5-14)29(19,20,21,22)23/h4-9H,10-13H2,1-3H3. The highest BCUT2D eigenvalue weighted by molar-refractivity contribution is 8.45. The van der Waals surface area contributed by atoms with Crippen LogP contribution in [0.4, 0.5) is 24.2 Å². The molecule has 5 nitrogen and oxygen atoms in total. The van der Waals surface area contributed by atoms with E-state index in [0.29, 0.717) is 12.1 Å². The molecule has 1 saturated heterocycles. The zero-order valence-electron chi connectivity index (χ0n) is 16.2. The Morgan fingerprint density at radius 3 is 1.86 bits per heavy atom. The van der Waals surface area contributed by atoms with Gasteiger partial charge in [0.15, 0.2) is 0 Å². The monoisotopic (exact) mass is 442 g/mol. The molecular weight excluding hydrogens is 419 g/mol. The number of ether oxygens (including phenoxy) is 1. The van der Waals surface area contributed by atoms with Crippen molar-refractivity contribution in [3.05, 3.63) is 35.9 Å². The molecule has 1 heterocycles. The van der Waals surface area contributed by atoms with E-state index in [1.54, 1.807) is 20.8 Å². The van der Waals surface area contributed by atoms with Gasteiger partial charge in [-0.05, 0) is 44.5 Å². The van der Waals surface area contributed by atoms with Gasteiger partial charge in [0.2, 0.25) is 5.91 Å². The molecule has 0 spiro atoms. The number of carbonyl (C=O) groups is 2. The average molecular weight is 442 g/mol. The fourth-order valence-corrected chi connectivity index (χ4v) is 3.20. The minimum absolute atomic E-state index is 0.177. The lowest BCUT2D eigenvalue weighted by Crippen LogP contribution is -2.51. The summed E-state index contributed by atoms with van der Waals surface area (Å²) in [6.07, 6.45) is 1.93. The minimum atomic E-state index is -9.71. The number of amides is 2. The molecule has 0 radical (unpaired) electrons. The van der Waals surface area contributed by atoms with Crippen molar-refractivity contribution >= 4 is 28.3 Å². The smallest absolute Gasteiger partial charge is 0.410 e. The van der Waals surface area contributed by atoms with Gasteiger partial charge in [0, 0.05) is 32.3 Å². The Balaban J connectivity index is 1.93. The summed E-state index contributed by atoms with van der Waals surface area (Å²) in [6.45, 7) is 6.36. The number of nitrogens with zero attached hydrogens (tertiary/aromatic N) is 2. The first-order chi connectivity index (χ1) is 12.9. The molecule has 2 amide bonds. The molecule has 0 aromatic heterocycles. The first kappa shape index (κ1) is 23.0. The lowest BCUT2D eigenvalue weighted by atomic mass is 10.2. The van der Waals surface area contributed by atoms with Gasteiger partial charge in [-0.2, -0.15) is 0 Å². The maximum absolute atomic E-state index is 12.7. The summed E-state index contributed by atoms with van der Waals surface area (Å²) < 4.78 is 68.8. The summed E-state index contributed by atoms with van der Waals surface area (Å²) in [7, 11) is -9.71. The van der Waals surface area contributed by atoms with Crippen LogP contribution in [0.5, 0.6) is 0 Å². The third-order valence-corrected chi connectivity index (χ3v) is 5.15. The quantitative estimate of drug-likeness (QED) is 0.463. The Bertz CT molecular complexity index is 809. The van der Waals surface area contributed by atoms with Crippen LogP contribution in [0.2, 0.25) is 0 Å². The highest BCUT2D eigenvalue weighted by Crippen LogP contribution is 3.02. The molecule has 1 aromatic rings. The van der Waals surface area contributed by atoms with E-state index in [4.69, 9.17) is 4.74 Å². The third kappa shape index (κ3) is 6.91. The molecule has 29 heavy (non-hydrogen) atoms. The van der Waals surface area contributed by atoms with Crippen molar-refractivity contribution in [2.75, 3.05) is 26.2 Å². The molecule has 0 N–H and O–H groups in total. The van der Waals surface area contributed by atoms with Gasteiger partial charge >= 0.3 is 16.3 Å². The van der Waals surface area contributed by atoms with Gasteiger partial charge in [-0.1, -0.05) is 31.6 Å². The molecule has 0 bridgehead atoms. The van der Waals surface area contributed by atoms with E-state index in [1.165, 1.54) is 15.9 Å². The Hall–Kier alpha value is -2.30. The predicted molar refractivity (Wildman–Crippen MR) is 101 cm³/mol. The molecule has 0 aliphatic carbocycles. The molecule has 164 valence electrons. The maximum atomic E-state index is 12.7. The highest BCUT2D eigenvalue weighted by Gasteiger charge is 2.65. The van der Waals surface area contributed by atoms with E-state index in [-0.39, 0.29) is 31.7 Å². The summed E-state index contributed by atoms with van der Waals surface area (Å²) in [5.41, 5.74) is -0.448. The van der Waals surface area contributed by atoms with Crippen LogP contribution in [0.1, 0.15) is 26.3 Å². The fraction of sp³-hybridized carbons (Fsp3) is 0.444. The largest absolute Gasteiger partial charge is 0.444 e. The van der Waals surface area contributed by atoms with Crippen LogP contribution in [0.3, 0.4) is 0 Å². The number of piperazine rings is 1. The van der Waals surface area contributed by atoms with Crippen LogP contribution < -0.4 is 0 Å². The van der Waals surface area contributed by atoms with Crippen LogP contribution in [0, 0.1) is 0 Å². The maximum Gasteiger partial charge on any atom is 0.410 e. The van der Waals surface area contributed by atoms with Crippen molar-refractivity contribution in [2.45, 2.75) is 31.3 Å². The minimum Gasteiger partial charge on any atom is -0.444 e. The normalized spacial score (nSPS) is 18.3. The second-order valence-electron chi connectivity index (χ2n) is 7.66. The molecule has 11 heteroatoms. The van der Waals surface area contributed by atoms with Crippen LogP contribution in [-0.2, 0) is 9.53 Å². The number of hydrogen-bond acceptors (Lipinski definition) is 3. The Morgan fingerprint density at radius 1 is 0.931 bits per heavy atom. The lowest BCUT2D eigenvalue weighted by molar-refractivity contribution is -0.127. The molecule has 2 rings (SSSR count). The van der Waals surface area contributed by atoms with Crippen molar-refractivity contribution in [3.63, 3.8) is 0 Å². The van der Waals surface area contributed by atoms with Crippen molar-refractivity contribution in [1.29, 1.82) is 0 Å². The third-order valence-electron chi connectivity index (χ3n) is 3.99. The first-order valence-corrected chi connectivity index (χ1v) is 10.7. The van der Waals surface area contributed by atoms with E-state index in [1.807, 2.05) is 0 Å². The second-order valence-corrected chi connectivity index (χ2v) is 10.1. The highest BCUT2D eigenvalue weighted by atomic mass is 32.5. The van der Waals surface area contributed by atoms with Gasteiger partial charge in [0.1, 0.15) is 10.5 Å². The summed E-state index contributed by atoms with van der Waals surface area (Å²) >= 11 is 0. The predicted octanol–water partition coefficient (Wildman–Crippen LogP) is 5.44.